The molecule has 11 heteroatoms. The van der Waals surface area contributed by atoms with Crippen molar-refractivity contribution >= 4 is 41.1 Å². The molecule has 2 aliphatic carbocycles. The number of nitrogens with zero attached hydrogens (tertiary/aromatic N) is 2. The number of likely N-dealkylation sites (N-methyl/N-ethyl adjacent to an activating group) is 1. The van der Waals surface area contributed by atoms with Crippen molar-refractivity contribution in [2.75, 3.05) is 24.2 Å². The van der Waals surface area contributed by atoms with E-state index < -0.39 is 11.7 Å². The molecule has 41 heavy (non-hydrogen) atoms. The molecule has 214 valence electrons. The van der Waals surface area contributed by atoms with Crippen molar-refractivity contribution in [1.82, 2.24) is 25.6 Å². The molecule has 2 heterocycles. The monoisotopic (exact) mass is 577 g/mol. The number of allylic oxidation sites excluding steroid dienone is 1. The molecule has 1 saturated carbocycles. The lowest BCUT2D eigenvalue weighted by Crippen LogP contribution is -2.42. The number of carbonyl (C=O) groups excluding carboxylic acids is 2. The number of carbonyl (C=O) groups is 2. The predicted octanol–water partition coefficient (Wildman–Crippen LogP) is 5.09. The third-order valence-corrected chi connectivity index (χ3v) is 7.54. The third kappa shape index (κ3) is 7.01. The molecule has 2 aliphatic rings. The van der Waals surface area contributed by atoms with E-state index in [1.54, 1.807) is 19.3 Å². The first-order chi connectivity index (χ1) is 19.9. The summed E-state index contributed by atoms with van der Waals surface area (Å²) in [4.78, 5) is 37.3. The number of aromatic amines is 1. The number of fused-ring (bicyclic) bond motifs is 1. The van der Waals surface area contributed by atoms with Gasteiger partial charge in [-0.3, -0.25) is 9.59 Å². The van der Waals surface area contributed by atoms with Crippen LogP contribution in [0.3, 0.4) is 0 Å². The number of H-pyrrole nitrogens is 1. The normalized spacial score (nSPS) is 18.2. The molecule has 1 aromatic carbocycles. The summed E-state index contributed by atoms with van der Waals surface area (Å²) in [5.41, 5.74) is 4.09. The van der Waals surface area contributed by atoms with Crippen molar-refractivity contribution in [2.45, 2.75) is 50.6 Å². The van der Waals surface area contributed by atoms with Crippen LogP contribution in [0.2, 0.25) is 5.02 Å². The largest absolute Gasteiger partial charge is 0.364 e. The van der Waals surface area contributed by atoms with Gasteiger partial charge in [0, 0.05) is 53.4 Å². The van der Waals surface area contributed by atoms with Gasteiger partial charge in [0.05, 0.1) is 22.5 Å². The quantitative estimate of drug-likeness (QED) is 0.226. The van der Waals surface area contributed by atoms with Crippen LogP contribution in [-0.4, -0.2) is 52.4 Å². The maximum absolute atomic E-state index is 14.8. The van der Waals surface area contributed by atoms with Gasteiger partial charge >= 0.3 is 0 Å². The van der Waals surface area contributed by atoms with E-state index in [9.17, 15) is 14.0 Å². The molecular weight excluding hydrogens is 545 g/mol. The number of amides is 2. The van der Waals surface area contributed by atoms with E-state index in [-0.39, 0.29) is 29.2 Å². The standard InChI is InChI=1S/C30H33ClFN7O2/c1-33-13-5-10-27(40)36-20-11-12-22(25(32)15-20)29(41)37-18-6-4-7-19(14-18)38-30-35-17-24(31)28(39-30)23-16-34-26-9-3-2-8-21(23)26/h2,5,8,10-12,15-19,33-34H,3-4,6-7,9,13-14H2,1H3,(H,36,40)(H,37,41)(H,35,38,39)/b10-5+. The molecule has 2 amide bonds. The average molecular weight is 578 g/mol. The van der Waals surface area contributed by atoms with E-state index >= 15 is 0 Å². The van der Waals surface area contributed by atoms with Crippen LogP contribution < -0.4 is 21.3 Å². The molecule has 0 radical (unpaired) electrons. The first-order valence-electron chi connectivity index (χ1n) is 13.8. The summed E-state index contributed by atoms with van der Waals surface area (Å²) in [5.74, 6) is -1.09. The van der Waals surface area contributed by atoms with Crippen LogP contribution in [0.25, 0.3) is 17.3 Å². The number of anilines is 2. The van der Waals surface area contributed by atoms with Crippen LogP contribution in [0.1, 0.15) is 53.7 Å². The fourth-order valence-electron chi connectivity index (χ4n) is 5.27. The number of benzene rings is 1. The van der Waals surface area contributed by atoms with Gasteiger partial charge in [-0.1, -0.05) is 29.8 Å². The predicted molar refractivity (Wildman–Crippen MR) is 159 cm³/mol. The molecule has 5 N–H and O–H groups in total. The van der Waals surface area contributed by atoms with Crippen molar-refractivity contribution in [1.29, 1.82) is 0 Å². The molecule has 0 saturated heterocycles. The third-order valence-electron chi connectivity index (χ3n) is 7.27. The number of aromatic nitrogens is 3. The Bertz CT molecular complexity index is 1490. The number of hydrogen-bond donors (Lipinski definition) is 5. The van der Waals surface area contributed by atoms with Crippen LogP contribution in [0, 0.1) is 5.82 Å². The summed E-state index contributed by atoms with van der Waals surface area (Å²) in [6.07, 6.45) is 16.0. The molecule has 9 nitrogen and oxygen atoms in total. The highest BCUT2D eigenvalue weighted by molar-refractivity contribution is 6.33. The van der Waals surface area contributed by atoms with Crippen molar-refractivity contribution in [3.63, 3.8) is 0 Å². The first-order valence-corrected chi connectivity index (χ1v) is 14.2. The lowest BCUT2D eigenvalue weighted by molar-refractivity contribution is -0.111. The SMILES string of the molecule is CNC/C=C/C(=O)Nc1ccc(C(=O)NC2CCCC(Nc3ncc(Cl)c(-c4c[nH]c5c4C=CCC5)n3)C2)c(F)c1. The smallest absolute Gasteiger partial charge is 0.254 e. The zero-order valence-corrected chi connectivity index (χ0v) is 23.5. The summed E-state index contributed by atoms with van der Waals surface area (Å²) >= 11 is 6.49. The van der Waals surface area contributed by atoms with Gasteiger partial charge in [0.2, 0.25) is 11.9 Å². The molecule has 3 aromatic rings. The molecule has 2 aromatic heterocycles. The molecule has 0 bridgehead atoms. The van der Waals surface area contributed by atoms with Crippen LogP contribution in [0.4, 0.5) is 16.0 Å². The van der Waals surface area contributed by atoms with Crippen molar-refractivity contribution in [3.8, 4) is 11.3 Å². The topological polar surface area (TPSA) is 124 Å². The van der Waals surface area contributed by atoms with Gasteiger partial charge in [0.25, 0.3) is 5.91 Å². The summed E-state index contributed by atoms with van der Waals surface area (Å²) in [7, 11) is 1.77. The van der Waals surface area contributed by atoms with Crippen LogP contribution >= 0.6 is 11.6 Å². The minimum atomic E-state index is -0.700. The molecule has 5 rings (SSSR count). The van der Waals surface area contributed by atoms with Crippen LogP contribution in [0.15, 0.2) is 48.8 Å². The molecular formula is C30H33ClFN7O2. The highest BCUT2D eigenvalue weighted by Crippen LogP contribution is 2.34. The molecule has 2 atom stereocenters. The van der Waals surface area contributed by atoms with E-state index in [4.69, 9.17) is 16.6 Å². The number of aryl methyl sites for hydroxylation is 1. The Morgan fingerprint density at radius 3 is 2.93 bits per heavy atom. The highest BCUT2D eigenvalue weighted by atomic mass is 35.5. The van der Waals surface area contributed by atoms with Gasteiger partial charge in [-0.2, -0.15) is 0 Å². The molecule has 2 unspecified atom stereocenters. The maximum Gasteiger partial charge on any atom is 0.254 e. The van der Waals surface area contributed by atoms with E-state index in [0.717, 1.165) is 49.3 Å². The van der Waals surface area contributed by atoms with Gasteiger partial charge in [-0.15, -0.1) is 0 Å². The minimum Gasteiger partial charge on any atom is -0.364 e. The van der Waals surface area contributed by atoms with Crippen molar-refractivity contribution in [2.24, 2.45) is 0 Å². The Labute approximate surface area is 243 Å². The van der Waals surface area contributed by atoms with E-state index in [1.165, 1.54) is 23.9 Å². The molecule has 0 aliphatic heterocycles. The van der Waals surface area contributed by atoms with Gasteiger partial charge in [0.15, 0.2) is 0 Å². The van der Waals surface area contributed by atoms with Gasteiger partial charge in [-0.25, -0.2) is 14.4 Å². The summed E-state index contributed by atoms with van der Waals surface area (Å²) in [6.45, 7) is 0.541. The second kappa shape index (κ2) is 13.1. The van der Waals surface area contributed by atoms with E-state index in [0.29, 0.717) is 29.6 Å². The van der Waals surface area contributed by atoms with Crippen LogP contribution in [0.5, 0.6) is 0 Å². The Morgan fingerprint density at radius 2 is 2.10 bits per heavy atom. The fraction of sp³-hybridized carbons (Fsp3) is 0.333. The van der Waals surface area contributed by atoms with Crippen LogP contribution in [-0.2, 0) is 11.2 Å². The maximum atomic E-state index is 14.8. The summed E-state index contributed by atoms with van der Waals surface area (Å²) in [6, 6.07) is 3.94. The minimum absolute atomic E-state index is 0.0292. The van der Waals surface area contributed by atoms with Crippen molar-refractivity contribution in [3.05, 3.63) is 76.5 Å². The lowest BCUT2D eigenvalue weighted by Gasteiger charge is -2.30. The number of hydrogen-bond acceptors (Lipinski definition) is 6. The number of halogens is 2. The first kappa shape index (κ1) is 28.5. The second-order valence-corrected chi connectivity index (χ2v) is 10.7. The van der Waals surface area contributed by atoms with Gasteiger partial charge in [-0.05, 0) is 63.8 Å². The highest BCUT2D eigenvalue weighted by Gasteiger charge is 2.26. The Kier molecular flexibility index (Phi) is 9.11. The second-order valence-electron chi connectivity index (χ2n) is 10.2. The zero-order chi connectivity index (χ0) is 28.8. The Balaban J connectivity index is 1.20. The molecule has 1 fully saturated rings. The van der Waals surface area contributed by atoms with Gasteiger partial charge in [0.1, 0.15) is 5.82 Å². The summed E-state index contributed by atoms with van der Waals surface area (Å²) < 4.78 is 14.8. The Hall–Kier alpha value is -4.02. The molecule has 0 spiro atoms. The average Bonchev–Trinajstić information content (AvgIpc) is 3.38. The Morgan fingerprint density at radius 1 is 1.24 bits per heavy atom. The van der Waals surface area contributed by atoms with Gasteiger partial charge < -0.3 is 26.3 Å². The zero-order valence-electron chi connectivity index (χ0n) is 22.8. The summed E-state index contributed by atoms with van der Waals surface area (Å²) in [5, 5.41) is 12.3. The van der Waals surface area contributed by atoms with E-state index in [1.807, 2.05) is 6.20 Å². The van der Waals surface area contributed by atoms with E-state index in [2.05, 4.69) is 43.4 Å². The number of rotatable bonds is 9. The lowest BCUT2D eigenvalue weighted by atomic mass is 9.91. The van der Waals surface area contributed by atoms with Crippen molar-refractivity contribution < 1.29 is 14.0 Å². The number of nitrogens with one attached hydrogen (secondary N) is 5. The fourth-order valence-corrected chi connectivity index (χ4v) is 5.46.